The predicted octanol–water partition coefficient (Wildman–Crippen LogP) is 3.73. The molecule has 4 nitrogen and oxygen atoms in total. The molecule has 4 rings (SSSR count). The van der Waals surface area contributed by atoms with Crippen LogP contribution in [0.5, 0.6) is 17.2 Å². The fraction of sp³-hybridized carbons (Fsp3) is 0.118. The molecule has 0 unspecified atom stereocenters. The van der Waals surface area contributed by atoms with Crippen molar-refractivity contribution in [2.24, 2.45) is 0 Å². The number of hydrogen-bond donors (Lipinski definition) is 0. The van der Waals surface area contributed by atoms with Gasteiger partial charge in [0, 0.05) is 5.57 Å². The maximum atomic E-state index is 12.5. The van der Waals surface area contributed by atoms with Crippen LogP contribution in [0.3, 0.4) is 0 Å². The van der Waals surface area contributed by atoms with Crippen LogP contribution in [-0.4, -0.2) is 19.2 Å². The van der Waals surface area contributed by atoms with E-state index in [1.54, 1.807) is 30.3 Å². The Kier molecular flexibility index (Phi) is 3.05. The second kappa shape index (κ2) is 5.07. The van der Waals surface area contributed by atoms with Crippen LogP contribution in [0.15, 0.2) is 42.0 Å². The van der Waals surface area contributed by atoms with Crippen molar-refractivity contribution < 1.29 is 19.0 Å². The standard InChI is InChI=1S/C17H11ClO4/c18-13-6-10(7-15-17(13)22-9-21-15)5-11-8-20-14-4-2-1-3-12(14)16(11)19/h1-7H,8-9H2. The Morgan fingerprint density at radius 3 is 2.82 bits per heavy atom. The first kappa shape index (κ1) is 13.2. The van der Waals surface area contributed by atoms with Gasteiger partial charge in [0.2, 0.25) is 6.79 Å². The van der Waals surface area contributed by atoms with Gasteiger partial charge in [0.1, 0.15) is 12.4 Å². The molecule has 5 heteroatoms. The monoisotopic (exact) mass is 314 g/mol. The van der Waals surface area contributed by atoms with Crippen molar-refractivity contribution in [1.29, 1.82) is 0 Å². The quantitative estimate of drug-likeness (QED) is 0.752. The average molecular weight is 315 g/mol. The van der Waals surface area contributed by atoms with E-state index in [2.05, 4.69) is 0 Å². The molecule has 2 heterocycles. The van der Waals surface area contributed by atoms with Gasteiger partial charge in [-0.3, -0.25) is 4.79 Å². The Hall–Kier alpha value is -2.46. The first-order chi connectivity index (χ1) is 10.7. The van der Waals surface area contributed by atoms with Crippen LogP contribution in [0.25, 0.3) is 6.08 Å². The van der Waals surface area contributed by atoms with Crippen molar-refractivity contribution in [3.8, 4) is 17.2 Å². The molecular formula is C17H11ClO4. The molecule has 0 amide bonds. The van der Waals surface area contributed by atoms with E-state index in [9.17, 15) is 4.79 Å². The van der Waals surface area contributed by atoms with E-state index in [1.807, 2.05) is 12.1 Å². The summed E-state index contributed by atoms with van der Waals surface area (Å²) >= 11 is 6.16. The zero-order chi connectivity index (χ0) is 15.1. The highest BCUT2D eigenvalue weighted by Gasteiger charge is 2.23. The second-order valence-corrected chi connectivity index (χ2v) is 5.43. The Balaban J connectivity index is 1.73. The van der Waals surface area contributed by atoms with E-state index in [-0.39, 0.29) is 19.2 Å². The summed E-state index contributed by atoms with van der Waals surface area (Å²) in [5.74, 6) is 1.72. The summed E-state index contributed by atoms with van der Waals surface area (Å²) in [5, 5.41) is 0.464. The Morgan fingerprint density at radius 2 is 1.91 bits per heavy atom. The summed E-state index contributed by atoms with van der Waals surface area (Å²) in [6.45, 7) is 0.395. The largest absolute Gasteiger partial charge is 0.488 e. The molecule has 2 aromatic rings. The van der Waals surface area contributed by atoms with Gasteiger partial charge in [-0.1, -0.05) is 23.7 Å². The molecule has 2 aromatic carbocycles. The maximum Gasteiger partial charge on any atom is 0.231 e. The summed E-state index contributed by atoms with van der Waals surface area (Å²) in [6, 6.07) is 10.8. The van der Waals surface area contributed by atoms with Gasteiger partial charge < -0.3 is 14.2 Å². The van der Waals surface area contributed by atoms with Gasteiger partial charge in [0.15, 0.2) is 17.3 Å². The Bertz CT molecular complexity index is 810. The first-order valence-corrected chi connectivity index (χ1v) is 7.16. The van der Waals surface area contributed by atoms with Crippen LogP contribution in [-0.2, 0) is 0 Å². The van der Waals surface area contributed by atoms with Crippen LogP contribution in [0.4, 0.5) is 0 Å². The minimum Gasteiger partial charge on any atom is -0.488 e. The second-order valence-electron chi connectivity index (χ2n) is 5.02. The normalized spacial score (nSPS) is 17.3. The number of carbonyl (C=O) groups excluding carboxylic acids is 1. The van der Waals surface area contributed by atoms with E-state index in [0.717, 1.165) is 5.56 Å². The highest BCUT2D eigenvalue weighted by atomic mass is 35.5. The van der Waals surface area contributed by atoms with Crippen LogP contribution in [0.2, 0.25) is 5.02 Å². The maximum absolute atomic E-state index is 12.5. The highest BCUT2D eigenvalue weighted by molar-refractivity contribution is 6.32. The van der Waals surface area contributed by atoms with Gasteiger partial charge in [-0.15, -0.1) is 0 Å². The number of benzene rings is 2. The third-order valence-electron chi connectivity index (χ3n) is 3.60. The van der Waals surface area contributed by atoms with Crippen molar-refractivity contribution in [2.45, 2.75) is 0 Å². The lowest BCUT2D eigenvalue weighted by Crippen LogP contribution is -2.18. The first-order valence-electron chi connectivity index (χ1n) is 6.78. The fourth-order valence-electron chi connectivity index (χ4n) is 2.55. The molecular weight excluding hydrogens is 304 g/mol. The number of para-hydroxylation sites is 1. The lowest BCUT2D eigenvalue weighted by Gasteiger charge is -2.18. The van der Waals surface area contributed by atoms with E-state index in [1.165, 1.54) is 0 Å². The molecule has 2 aliphatic heterocycles. The topological polar surface area (TPSA) is 44.8 Å². The third kappa shape index (κ3) is 2.12. The molecule has 2 aliphatic rings. The Morgan fingerprint density at radius 1 is 1.05 bits per heavy atom. The lowest BCUT2D eigenvalue weighted by atomic mass is 9.98. The molecule has 0 N–H and O–H groups in total. The minimum absolute atomic E-state index is 0.0318. The molecule has 22 heavy (non-hydrogen) atoms. The number of Topliss-reactive ketones (excluding diaryl/α,β-unsaturated/α-hetero) is 1. The molecule has 0 radical (unpaired) electrons. The fourth-order valence-corrected chi connectivity index (χ4v) is 2.83. The van der Waals surface area contributed by atoms with Crippen molar-refractivity contribution in [3.63, 3.8) is 0 Å². The zero-order valence-electron chi connectivity index (χ0n) is 11.5. The molecule has 0 aliphatic carbocycles. The van der Waals surface area contributed by atoms with Crippen LogP contribution >= 0.6 is 11.6 Å². The number of carbonyl (C=O) groups is 1. The Labute approximate surface area is 131 Å². The number of ether oxygens (including phenoxy) is 3. The lowest BCUT2D eigenvalue weighted by molar-refractivity contribution is 0.100. The number of rotatable bonds is 1. The van der Waals surface area contributed by atoms with Crippen LogP contribution in [0, 0.1) is 0 Å². The highest BCUT2D eigenvalue weighted by Crippen LogP contribution is 2.40. The van der Waals surface area contributed by atoms with Gasteiger partial charge >= 0.3 is 0 Å². The van der Waals surface area contributed by atoms with Gasteiger partial charge in [-0.25, -0.2) is 0 Å². The molecule has 0 saturated heterocycles. The SMILES string of the molecule is O=C1C(=Cc2cc(Cl)c3c(c2)OCO3)COc2ccccc21. The third-order valence-corrected chi connectivity index (χ3v) is 3.88. The summed E-state index contributed by atoms with van der Waals surface area (Å²) in [7, 11) is 0. The predicted molar refractivity (Wildman–Crippen MR) is 81.8 cm³/mol. The van der Waals surface area contributed by atoms with Crippen molar-refractivity contribution >= 4 is 23.5 Å². The molecule has 0 atom stereocenters. The van der Waals surface area contributed by atoms with Crippen LogP contribution in [0.1, 0.15) is 15.9 Å². The number of fused-ring (bicyclic) bond motifs is 2. The summed E-state index contributed by atoms with van der Waals surface area (Å²) < 4.78 is 16.2. The van der Waals surface area contributed by atoms with Crippen molar-refractivity contribution in [2.75, 3.05) is 13.4 Å². The van der Waals surface area contributed by atoms with Crippen molar-refractivity contribution in [1.82, 2.24) is 0 Å². The van der Waals surface area contributed by atoms with Gasteiger partial charge in [0.25, 0.3) is 0 Å². The molecule has 0 saturated carbocycles. The molecule has 110 valence electrons. The smallest absolute Gasteiger partial charge is 0.231 e. The number of ketones is 1. The summed E-state index contributed by atoms with van der Waals surface area (Å²) in [4.78, 5) is 12.5. The van der Waals surface area contributed by atoms with Gasteiger partial charge in [-0.05, 0) is 35.9 Å². The van der Waals surface area contributed by atoms with Gasteiger partial charge in [-0.2, -0.15) is 0 Å². The number of hydrogen-bond acceptors (Lipinski definition) is 4. The molecule has 0 fully saturated rings. The molecule has 0 aromatic heterocycles. The van der Waals surface area contributed by atoms with Crippen molar-refractivity contribution in [3.05, 3.63) is 58.1 Å². The summed E-state index contributed by atoms with van der Waals surface area (Å²) in [6.07, 6.45) is 1.77. The van der Waals surface area contributed by atoms with Crippen LogP contribution < -0.4 is 14.2 Å². The van der Waals surface area contributed by atoms with E-state index >= 15 is 0 Å². The van der Waals surface area contributed by atoms with E-state index in [0.29, 0.717) is 33.4 Å². The molecule has 0 bridgehead atoms. The summed E-state index contributed by atoms with van der Waals surface area (Å²) in [5.41, 5.74) is 1.93. The number of halogens is 1. The zero-order valence-corrected chi connectivity index (χ0v) is 12.2. The van der Waals surface area contributed by atoms with Gasteiger partial charge in [0.05, 0.1) is 10.6 Å². The molecule has 0 spiro atoms. The minimum atomic E-state index is -0.0318. The van der Waals surface area contributed by atoms with E-state index < -0.39 is 0 Å². The average Bonchev–Trinajstić information content (AvgIpc) is 2.99. The van der Waals surface area contributed by atoms with E-state index in [4.69, 9.17) is 25.8 Å².